The highest BCUT2D eigenvalue weighted by Crippen LogP contribution is 2.20. The molecule has 3 rings (SSSR count). The van der Waals surface area contributed by atoms with E-state index in [1.165, 1.54) is 11.3 Å². The van der Waals surface area contributed by atoms with Crippen molar-refractivity contribution in [1.82, 2.24) is 4.90 Å². The summed E-state index contributed by atoms with van der Waals surface area (Å²) in [6, 6.07) is 11.4. The maximum atomic E-state index is 12.0. The molecule has 1 fully saturated rings. The largest absolute Gasteiger partial charge is 0.370 e. The van der Waals surface area contributed by atoms with Crippen LogP contribution in [0.5, 0.6) is 0 Å². The molecule has 0 saturated carbocycles. The minimum atomic E-state index is 0.103. The summed E-state index contributed by atoms with van der Waals surface area (Å²) < 4.78 is 5.77. The van der Waals surface area contributed by atoms with Crippen LogP contribution < -0.4 is 0 Å². The van der Waals surface area contributed by atoms with Gasteiger partial charge in [0.2, 0.25) is 0 Å². The Balaban J connectivity index is 1.44. The van der Waals surface area contributed by atoms with Crippen LogP contribution in [0.1, 0.15) is 15.2 Å². The van der Waals surface area contributed by atoms with Crippen LogP contribution in [0, 0.1) is 0 Å². The van der Waals surface area contributed by atoms with Gasteiger partial charge >= 0.3 is 0 Å². The van der Waals surface area contributed by atoms with Crippen molar-refractivity contribution in [2.24, 2.45) is 0 Å². The van der Waals surface area contributed by atoms with Gasteiger partial charge in [0.15, 0.2) is 0 Å². The van der Waals surface area contributed by atoms with Crippen molar-refractivity contribution >= 4 is 28.8 Å². The summed E-state index contributed by atoms with van der Waals surface area (Å²) in [4.78, 5) is 14.6. The second kappa shape index (κ2) is 5.95. The fourth-order valence-electron chi connectivity index (χ4n) is 2.06. The zero-order valence-corrected chi connectivity index (χ0v) is 12.4. The number of nitrogens with zero attached hydrogens (tertiary/aromatic N) is 1. The zero-order valence-electron chi connectivity index (χ0n) is 10.8. The van der Waals surface area contributed by atoms with E-state index in [-0.39, 0.29) is 12.0 Å². The van der Waals surface area contributed by atoms with Crippen molar-refractivity contribution in [1.29, 1.82) is 0 Å². The Hall–Kier alpha value is -1.36. The molecule has 2 heterocycles. The molecule has 104 valence electrons. The first-order valence-corrected chi connectivity index (χ1v) is 7.67. The van der Waals surface area contributed by atoms with Gasteiger partial charge in [0.05, 0.1) is 17.6 Å². The highest BCUT2D eigenvalue weighted by Gasteiger charge is 2.32. The van der Waals surface area contributed by atoms with Crippen LogP contribution in [0.25, 0.3) is 0 Å². The molecule has 1 aliphatic heterocycles. The molecular weight excluding hydrogens is 294 g/mol. The van der Waals surface area contributed by atoms with Gasteiger partial charge in [-0.1, -0.05) is 29.8 Å². The topological polar surface area (TPSA) is 29.5 Å². The lowest BCUT2D eigenvalue weighted by molar-refractivity contribution is -0.0501. The van der Waals surface area contributed by atoms with Crippen LogP contribution in [0.2, 0.25) is 5.02 Å². The third kappa shape index (κ3) is 3.03. The Kier molecular flexibility index (Phi) is 4.05. The van der Waals surface area contributed by atoms with Gasteiger partial charge in [0, 0.05) is 18.1 Å². The van der Waals surface area contributed by atoms with Crippen LogP contribution in [0.15, 0.2) is 41.8 Å². The summed E-state index contributed by atoms with van der Waals surface area (Å²) in [5.41, 5.74) is 1.09. The molecule has 1 aromatic carbocycles. The summed E-state index contributed by atoms with van der Waals surface area (Å²) >= 11 is 7.31. The van der Waals surface area contributed by atoms with E-state index in [1.54, 1.807) is 0 Å². The van der Waals surface area contributed by atoms with Crippen molar-refractivity contribution in [3.63, 3.8) is 0 Å². The molecule has 1 saturated heterocycles. The van der Waals surface area contributed by atoms with E-state index in [1.807, 2.05) is 46.7 Å². The predicted octanol–water partition coefficient (Wildman–Crippen LogP) is 3.44. The number of hydrogen-bond donors (Lipinski definition) is 0. The minimum absolute atomic E-state index is 0.103. The normalized spacial score (nSPS) is 15.2. The number of thiophene rings is 1. The molecule has 3 nitrogen and oxygen atoms in total. The van der Waals surface area contributed by atoms with Gasteiger partial charge in [0.25, 0.3) is 5.91 Å². The van der Waals surface area contributed by atoms with E-state index in [0.717, 1.165) is 15.5 Å². The smallest absolute Gasteiger partial charge is 0.264 e. The average molecular weight is 308 g/mol. The Morgan fingerprint density at radius 1 is 1.30 bits per heavy atom. The molecule has 2 aromatic rings. The number of benzene rings is 1. The molecule has 0 aliphatic carbocycles. The number of rotatable bonds is 4. The summed E-state index contributed by atoms with van der Waals surface area (Å²) in [5, 5.41) is 2.65. The van der Waals surface area contributed by atoms with Gasteiger partial charge < -0.3 is 9.64 Å². The third-order valence-electron chi connectivity index (χ3n) is 3.27. The van der Waals surface area contributed by atoms with Crippen LogP contribution in [-0.2, 0) is 11.3 Å². The van der Waals surface area contributed by atoms with Crippen molar-refractivity contribution in [3.05, 3.63) is 57.2 Å². The monoisotopic (exact) mass is 307 g/mol. The van der Waals surface area contributed by atoms with Crippen molar-refractivity contribution in [3.8, 4) is 0 Å². The van der Waals surface area contributed by atoms with Crippen LogP contribution in [-0.4, -0.2) is 30.0 Å². The first-order valence-electron chi connectivity index (χ1n) is 6.41. The van der Waals surface area contributed by atoms with E-state index in [9.17, 15) is 4.79 Å². The predicted molar refractivity (Wildman–Crippen MR) is 80.3 cm³/mol. The van der Waals surface area contributed by atoms with E-state index < -0.39 is 0 Å². The van der Waals surface area contributed by atoms with Gasteiger partial charge in [-0.25, -0.2) is 0 Å². The summed E-state index contributed by atoms with van der Waals surface area (Å²) in [7, 11) is 0. The maximum Gasteiger partial charge on any atom is 0.264 e. The highest BCUT2D eigenvalue weighted by molar-refractivity contribution is 7.12. The maximum absolute atomic E-state index is 12.0. The minimum Gasteiger partial charge on any atom is -0.370 e. The van der Waals surface area contributed by atoms with Gasteiger partial charge in [0.1, 0.15) is 0 Å². The Morgan fingerprint density at radius 2 is 2.05 bits per heavy atom. The van der Waals surface area contributed by atoms with Crippen molar-refractivity contribution < 1.29 is 9.53 Å². The average Bonchev–Trinajstić information content (AvgIpc) is 2.92. The third-order valence-corrected chi connectivity index (χ3v) is 4.38. The van der Waals surface area contributed by atoms with Crippen LogP contribution >= 0.6 is 22.9 Å². The lowest BCUT2D eigenvalue weighted by Gasteiger charge is -2.38. The second-order valence-electron chi connectivity index (χ2n) is 4.75. The van der Waals surface area contributed by atoms with Gasteiger partial charge in [-0.05, 0) is 29.1 Å². The highest BCUT2D eigenvalue weighted by atomic mass is 35.5. The van der Waals surface area contributed by atoms with Gasteiger partial charge in [-0.2, -0.15) is 0 Å². The summed E-state index contributed by atoms with van der Waals surface area (Å²) in [6.45, 7) is 1.90. The van der Waals surface area contributed by atoms with E-state index in [4.69, 9.17) is 16.3 Å². The molecule has 0 spiro atoms. The molecule has 0 N–H and O–H groups in total. The molecule has 20 heavy (non-hydrogen) atoms. The summed E-state index contributed by atoms with van der Waals surface area (Å²) in [6.07, 6.45) is 0.134. The molecule has 0 radical (unpaired) electrons. The Labute approximate surface area is 126 Å². The van der Waals surface area contributed by atoms with E-state index in [0.29, 0.717) is 19.7 Å². The molecule has 5 heteroatoms. The number of carbonyl (C=O) groups is 1. The lowest BCUT2D eigenvalue weighted by Crippen LogP contribution is -2.54. The van der Waals surface area contributed by atoms with Crippen LogP contribution in [0.4, 0.5) is 0 Å². The molecular formula is C15H14ClNO2S. The van der Waals surface area contributed by atoms with Crippen molar-refractivity contribution in [2.75, 3.05) is 13.1 Å². The molecule has 0 atom stereocenters. The molecule has 1 aliphatic rings. The number of likely N-dealkylation sites (tertiary alicyclic amines) is 1. The molecule has 1 aromatic heterocycles. The lowest BCUT2D eigenvalue weighted by atomic mass is 10.1. The Morgan fingerprint density at radius 3 is 2.70 bits per heavy atom. The van der Waals surface area contributed by atoms with Crippen molar-refractivity contribution in [2.45, 2.75) is 12.7 Å². The van der Waals surface area contributed by atoms with Crippen LogP contribution in [0.3, 0.4) is 0 Å². The molecule has 0 bridgehead atoms. The van der Waals surface area contributed by atoms with E-state index >= 15 is 0 Å². The number of hydrogen-bond acceptors (Lipinski definition) is 3. The van der Waals surface area contributed by atoms with E-state index in [2.05, 4.69) is 0 Å². The Bertz CT molecular complexity index is 576. The molecule has 0 unspecified atom stereocenters. The standard InChI is InChI=1S/C15H14ClNO2S/c16-12-5-3-11(4-6-12)10-19-13-8-17(9-13)15(18)14-2-1-7-20-14/h1-7,13H,8-10H2. The fraction of sp³-hybridized carbons (Fsp3) is 0.267. The van der Waals surface area contributed by atoms with Gasteiger partial charge in [-0.15, -0.1) is 11.3 Å². The number of amides is 1. The quantitative estimate of drug-likeness (QED) is 0.866. The number of halogens is 1. The first-order chi connectivity index (χ1) is 9.72. The fourth-order valence-corrected chi connectivity index (χ4v) is 2.88. The first kappa shape index (κ1) is 13.6. The number of ether oxygens (including phenoxy) is 1. The SMILES string of the molecule is O=C(c1cccs1)N1CC(OCc2ccc(Cl)cc2)C1. The van der Waals surface area contributed by atoms with Gasteiger partial charge in [-0.3, -0.25) is 4.79 Å². The summed E-state index contributed by atoms with van der Waals surface area (Å²) in [5.74, 6) is 0.103. The zero-order chi connectivity index (χ0) is 13.9. The molecule has 1 amide bonds. The second-order valence-corrected chi connectivity index (χ2v) is 6.13. The number of carbonyl (C=O) groups excluding carboxylic acids is 1.